The molecule has 0 bridgehead atoms. The highest BCUT2D eigenvalue weighted by Crippen LogP contribution is 2.21. The zero-order valence-corrected chi connectivity index (χ0v) is 12.6. The molecule has 0 rings (SSSR count). The van der Waals surface area contributed by atoms with E-state index in [4.69, 9.17) is 15.9 Å². The van der Waals surface area contributed by atoms with E-state index in [0.29, 0.717) is 0 Å². The summed E-state index contributed by atoms with van der Waals surface area (Å²) in [5.74, 6) is 0.276. The third-order valence-corrected chi connectivity index (χ3v) is 3.46. The number of unbranched alkanes of at least 4 members (excludes halogenated alkanes) is 5. The summed E-state index contributed by atoms with van der Waals surface area (Å²) in [4.78, 5) is 0. The minimum absolute atomic E-state index is 0.177. The smallest absolute Gasteiger partial charge is 0.0963 e. The van der Waals surface area contributed by atoms with Gasteiger partial charge in [-0.2, -0.15) is 0 Å². The second-order valence-electron chi connectivity index (χ2n) is 5.78. The van der Waals surface area contributed by atoms with Gasteiger partial charge < -0.3 is 10.5 Å². The molecule has 0 fully saturated rings. The fourth-order valence-corrected chi connectivity index (χ4v) is 1.84. The van der Waals surface area contributed by atoms with E-state index in [2.05, 4.69) is 6.92 Å². The van der Waals surface area contributed by atoms with Crippen LogP contribution in [0, 0.1) is 10.8 Å². The van der Waals surface area contributed by atoms with Gasteiger partial charge in [0.1, 0.15) is 0 Å². The first-order valence-electron chi connectivity index (χ1n) is 7.43. The summed E-state index contributed by atoms with van der Waals surface area (Å²) in [6.45, 7) is 7.95. The number of nitrogens with two attached hydrogens (primary N) is 1. The van der Waals surface area contributed by atoms with Crippen LogP contribution in [0.5, 0.6) is 0 Å². The van der Waals surface area contributed by atoms with Crippen molar-refractivity contribution >= 4 is 5.84 Å². The van der Waals surface area contributed by atoms with Gasteiger partial charge in [0.15, 0.2) is 0 Å². The number of rotatable bonds is 12. The van der Waals surface area contributed by atoms with Crippen LogP contribution in [-0.4, -0.2) is 19.0 Å². The lowest BCUT2D eigenvalue weighted by Gasteiger charge is -2.22. The Morgan fingerprint density at radius 2 is 1.56 bits per heavy atom. The molecule has 0 atom stereocenters. The van der Waals surface area contributed by atoms with Crippen molar-refractivity contribution in [3.63, 3.8) is 0 Å². The standard InChI is InChI=1S/C15H32N2O/c1-4-5-6-7-8-9-12-18-13-10-11-15(2,3)14(16)17/h4-13H2,1-3H3,(H3,16,17). The first-order chi connectivity index (χ1) is 8.50. The predicted octanol–water partition coefficient (Wildman–Crippen LogP) is 4.11. The Balaban J connectivity index is 3.24. The van der Waals surface area contributed by atoms with Gasteiger partial charge >= 0.3 is 0 Å². The van der Waals surface area contributed by atoms with Crippen LogP contribution in [0.25, 0.3) is 0 Å². The largest absolute Gasteiger partial charge is 0.387 e. The summed E-state index contributed by atoms with van der Waals surface area (Å²) in [5.41, 5.74) is 5.36. The van der Waals surface area contributed by atoms with Gasteiger partial charge in [-0.15, -0.1) is 0 Å². The Morgan fingerprint density at radius 3 is 2.17 bits per heavy atom. The van der Waals surface area contributed by atoms with E-state index in [9.17, 15) is 0 Å². The molecule has 0 heterocycles. The topological polar surface area (TPSA) is 59.1 Å². The Labute approximate surface area is 113 Å². The van der Waals surface area contributed by atoms with E-state index in [1.54, 1.807) is 0 Å². The molecule has 0 amide bonds. The van der Waals surface area contributed by atoms with Crippen LogP contribution >= 0.6 is 0 Å². The summed E-state index contributed by atoms with van der Waals surface area (Å²) < 4.78 is 5.60. The van der Waals surface area contributed by atoms with Crippen molar-refractivity contribution in [1.29, 1.82) is 5.41 Å². The minimum atomic E-state index is -0.177. The molecular formula is C15H32N2O. The molecule has 18 heavy (non-hydrogen) atoms. The predicted molar refractivity (Wildman–Crippen MR) is 79.1 cm³/mol. The van der Waals surface area contributed by atoms with Gasteiger partial charge in [-0.25, -0.2) is 0 Å². The molecule has 0 radical (unpaired) electrons. The Hall–Kier alpha value is -0.570. The van der Waals surface area contributed by atoms with E-state index in [0.717, 1.165) is 26.1 Å². The third-order valence-electron chi connectivity index (χ3n) is 3.46. The van der Waals surface area contributed by atoms with E-state index in [1.165, 1.54) is 38.5 Å². The molecule has 0 aliphatic carbocycles. The van der Waals surface area contributed by atoms with Gasteiger partial charge in [-0.05, 0) is 19.3 Å². The van der Waals surface area contributed by atoms with Crippen LogP contribution in [0.4, 0.5) is 0 Å². The van der Waals surface area contributed by atoms with Gasteiger partial charge in [0.25, 0.3) is 0 Å². The third kappa shape index (κ3) is 9.46. The van der Waals surface area contributed by atoms with Gasteiger partial charge in [-0.3, -0.25) is 5.41 Å². The van der Waals surface area contributed by atoms with Crippen molar-refractivity contribution in [2.24, 2.45) is 11.1 Å². The molecule has 3 N–H and O–H groups in total. The van der Waals surface area contributed by atoms with Crippen molar-refractivity contribution in [3.05, 3.63) is 0 Å². The molecular weight excluding hydrogens is 224 g/mol. The summed E-state index contributed by atoms with van der Waals surface area (Å²) in [7, 11) is 0. The lowest BCUT2D eigenvalue weighted by molar-refractivity contribution is 0.121. The molecule has 0 aromatic rings. The van der Waals surface area contributed by atoms with Crippen molar-refractivity contribution in [2.45, 2.75) is 72.1 Å². The van der Waals surface area contributed by atoms with E-state index >= 15 is 0 Å². The van der Waals surface area contributed by atoms with Gasteiger partial charge in [0.2, 0.25) is 0 Å². The van der Waals surface area contributed by atoms with Crippen LogP contribution in [0.15, 0.2) is 0 Å². The van der Waals surface area contributed by atoms with Crippen LogP contribution in [0.3, 0.4) is 0 Å². The van der Waals surface area contributed by atoms with Crippen molar-refractivity contribution in [1.82, 2.24) is 0 Å². The van der Waals surface area contributed by atoms with Crippen molar-refractivity contribution in [2.75, 3.05) is 13.2 Å². The molecule has 108 valence electrons. The number of nitrogens with one attached hydrogen (secondary N) is 1. The highest BCUT2D eigenvalue weighted by atomic mass is 16.5. The molecule has 0 aromatic heterocycles. The summed E-state index contributed by atoms with van der Waals surface area (Å²) in [6, 6.07) is 0. The zero-order chi connectivity index (χ0) is 13.9. The maximum absolute atomic E-state index is 7.46. The zero-order valence-electron chi connectivity index (χ0n) is 12.6. The fraction of sp³-hybridized carbons (Fsp3) is 0.933. The normalized spacial score (nSPS) is 11.7. The van der Waals surface area contributed by atoms with Crippen LogP contribution in [-0.2, 0) is 4.74 Å². The maximum atomic E-state index is 7.46. The highest BCUT2D eigenvalue weighted by molar-refractivity contribution is 5.82. The summed E-state index contributed by atoms with van der Waals surface area (Å²) in [5, 5.41) is 7.46. The van der Waals surface area contributed by atoms with Gasteiger partial charge in [0.05, 0.1) is 5.84 Å². The van der Waals surface area contributed by atoms with Crippen molar-refractivity contribution < 1.29 is 4.74 Å². The molecule has 3 nitrogen and oxygen atoms in total. The second kappa shape index (κ2) is 10.4. The minimum Gasteiger partial charge on any atom is -0.387 e. The first-order valence-corrected chi connectivity index (χ1v) is 7.43. The number of ether oxygens (including phenoxy) is 1. The quantitative estimate of drug-likeness (QED) is 0.314. The van der Waals surface area contributed by atoms with Crippen LogP contribution in [0.2, 0.25) is 0 Å². The Kier molecular flexibility index (Phi) is 10.0. The van der Waals surface area contributed by atoms with Crippen LogP contribution < -0.4 is 5.73 Å². The number of hydrogen-bond acceptors (Lipinski definition) is 2. The lowest BCUT2D eigenvalue weighted by Crippen LogP contribution is -2.31. The molecule has 0 unspecified atom stereocenters. The molecule has 0 spiro atoms. The average Bonchev–Trinajstić information content (AvgIpc) is 2.31. The summed E-state index contributed by atoms with van der Waals surface area (Å²) in [6.07, 6.45) is 9.77. The van der Waals surface area contributed by atoms with Crippen molar-refractivity contribution in [3.8, 4) is 0 Å². The molecule has 0 aliphatic heterocycles. The number of amidine groups is 1. The Bertz CT molecular complexity index is 215. The molecule has 3 heteroatoms. The van der Waals surface area contributed by atoms with E-state index < -0.39 is 0 Å². The molecule has 0 saturated carbocycles. The lowest BCUT2D eigenvalue weighted by atomic mass is 9.87. The summed E-state index contributed by atoms with van der Waals surface area (Å²) >= 11 is 0. The van der Waals surface area contributed by atoms with Crippen LogP contribution in [0.1, 0.15) is 72.1 Å². The SMILES string of the molecule is CCCCCCCCOCCCC(C)(C)C(=N)N. The average molecular weight is 256 g/mol. The highest BCUT2D eigenvalue weighted by Gasteiger charge is 2.20. The molecule has 0 aliphatic rings. The molecule has 0 saturated heterocycles. The Morgan fingerprint density at radius 1 is 1.00 bits per heavy atom. The molecule has 0 aromatic carbocycles. The second-order valence-corrected chi connectivity index (χ2v) is 5.78. The van der Waals surface area contributed by atoms with Gasteiger partial charge in [-0.1, -0.05) is 52.9 Å². The number of hydrogen-bond donors (Lipinski definition) is 2. The maximum Gasteiger partial charge on any atom is 0.0963 e. The fourth-order valence-electron chi connectivity index (χ4n) is 1.84. The van der Waals surface area contributed by atoms with E-state index in [1.807, 2.05) is 13.8 Å². The van der Waals surface area contributed by atoms with E-state index in [-0.39, 0.29) is 11.3 Å². The first kappa shape index (κ1) is 17.4. The monoisotopic (exact) mass is 256 g/mol. The van der Waals surface area contributed by atoms with Gasteiger partial charge in [0, 0.05) is 18.6 Å².